The molecular formula is C50H51N. The van der Waals surface area contributed by atoms with Crippen molar-refractivity contribution in [1.29, 1.82) is 0 Å². The van der Waals surface area contributed by atoms with E-state index in [0.29, 0.717) is 17.8 Å². The molecule has 5 unspecified atom stereocenters. The number of anilines is 3. The van der Waals surface area contributed by atoms with Crippen molar-refractivity contribution in [2.24, 2.45) is 17.8 Å². The van der Waals surface area contributed by atoms with E-state index in [0.717, 1.165) is 17.8 Å². The smallest absolute Gasteiger partial charge is 0.0470 e. The molecule has 5 aromatic rings. The van der Waals surface area contributed by atoms with E-state index < -0.39 is 0 Å². The second kappa shape index (κ2) is 12.4. The van der Waals surface area contributed by atoms with E-state index in [4.69, 9.17) is 0 Å². The normalized spacial score (nSPS) is 26.0. The van der Waals surface area contributed by atoms with Gasteiger partial charge in [-0.2, -0.15) is 0 Å². The molecular weight excluding hydrogens is 615 g/mol. The Morgan fingerprint density at radius 3 is 2.06 bits per heavy atom. The minimum atomic E-state index is 0.00498. The monoisotopic (exact) mass is 665 g/mol. The number of hydrogen-bond donors (Lipinski definition) is 0. The molecule has 51 heavy (non-hydrogen) atoms. The van der Waals surface area contributed by atoms with Crippen LogP contribution in [0.3, 0.4) is 0 Å². The third-order valence-corrected chi connectivity index (χ3v) is 14.0. The molecule has 0 N–H and O–H groups in total. The van der Waals surface area contributed by atoms with Gasteiger partial charge >= 0.3 is 0 Å². The van der Waals surface area contributed by atoms with E-state index in [1.54, 1.807) is 5.56 Å². The van der Waals surface area contributed by atoms with Gasteiger partial charge in [-0.3, -0.25) is 0 Å². The lowest BCUT2D eigenvalue weighted by Gasteiger charge is -2.31. The van der Waals surface area contributed by atoms with Gasteiger partial charge in [0, 0.05) is 23.0 Å². The summed E-state index contributed by atoms with van der Waals surface area (Å²) >= 11 is 0. The Hall–Kier alpha value is -4.36. The summed E-state index contributed by atoms with van der Waals surface area (Å²) in [6.07, 6.45) is 21.9. The third kappa shape index (κ3) is 5.34. The van der Waals surface area contributed by atoms with Crippen LogP contribution in [-0.2, 0) is 5.41 Å². The first-order valence-corrected chi connectivity index (χ1v) is 20.0. The molecule has 5 atom stereocenters. The van der Waals surface area contributed by atoms with Crippen LogP contribution in [0.1, 0.15) is 112 Å². The predicted molar refractivity (Wildman–Crippen MR) is 216 cm³/mol. The summed E-state index contributed by atoms with van der Waals surface area (Å²) in [4.78, 5) is 2.56. The standard InChI is InChI=1S/C50H51N/c1-50(2)47-15-9-8-14-44(47)49-46(40-19-18-35-12-6-7-13-38(35)30-40)31-43(32-48(49)50)51(41-24-20-36(21-25-41)34-10-4-3-5-11-34)42-26-22-37(23-27-42)45-29-33-16-17-39(45)28-33/h6-9,12-15,18-27,30-34,39,44-45,47H,3-5,10-11,16-17,28-29H2,1-2H3. The summed E-state index contributed by atoms with van der Waals surface area (Å²) in [6, 6.07) is 40.5. The number of rotatable bonds is 6. The first-order valence-electron chi connectivity index (χ1n) is 20.0. The van der Waals surface area contributed by atoms with Crippen LogP contribution in [0.5, 0.6) is 0 Å². The van der Waals surface area contributed by atoms with Crippen molar-refractivity contribution in [1.82, 2.24) is 0 Å². The molecule has 0 aliphatic heterocycles. The molecule has 0 spiro atoms. The van der Waals surface area contributed by atoms with Gasteiger partial charge in [0.15, 0.2) is 0 Å². The highest BCUT2D eigenvalue weighted by Gasteiger charge is 2.46. The van der Waals surface area contributed by atoms with Crippen LogP contribution in [0, 0.1) is 17.8 Å². The zero-order valence-electron chi connectivity index (χ0n) is 30.4. The highest BCUT2D eigenvalue weighted by atomic mass is 15.1. The summed E-state index contributed by atoms with van der Waals surface area (Å²) in [7, 11) is 0. The number of nitrogens with zero attached hydrogens (tertiary/aromatic N) is 1. The largest absolute Gasteiger partial charge is 0.310 e. The molecule has 0 amide bonds. The number of hydrogen-bond acceptors (Lipinski definition) is 1. The fourth-order valence-corrected chi connectivity index (χ4v) is 11.3. The number of allylic oxidation sites excluding steroid dienone is 4. The maximum Gasteiger partial charge on any atom is 0.0470 e. The van der Waals surface area contributed by atoms with Gasteiger partial charge in [-0.15, -0.1) is 0 Å². The van der Waals surface area contributed by atoms with Crippen molar-refractivity contribution in [3.8, 4) is 11.1 Å². The van der Waals surface area contributed by atoms with Crippen LogP contribution >= 0.6 is 0 Å². The lowest BCUT2D eigenvalue weighted by molar-refractivity contribution is 0.394. The second-order valence-corrected chi connectivity index (χ2v) is 17.2. The Kier molecular flexibility index (Phi) is 7.63. The molecule has 0 saturated heterocycles. The lowest BCUT2D eigenvalue weighted by atomic mass is 9.74. The van der Waals surface area contributed by atoms with Crippen molar-refractivity contribution in [2.75, 3.05) is 4.90 Å². The van der Waals surface area contributed by atoms with Gasteiger partial charge in [-0.1, -0.05) is 124 Å². The van der Waals surface area contributed by atoms with Crippen molar-refractivity contribution in [3.63, 3.8) is 0 Å². The molecule has 5 aliphatic rings. The van der Waals surface area contributed by atoms with Gasteiger partial charge in [0.25, 0.3) is 0 Å². The minimum absolute atomic E-state index is 0.00498. The predicted octanol–water partition coefficient (Wildman–Crippen LogP) is 14.0. The van der Waals surface area contributed by atoms with Crippen molar-refractivity contribution in [3.05, 3.63) is 150 Å². The van der Waals surface area contributed by atoms with E-state index >= 15 is 0 Å². The van der Waals surface area contributed by atoms with Gasteiger partial charge < -0.3 is 4.90 Å². The maximum absolute atomic E-state index is 2.56. The molecule has 0 aromatic heterocycles. The molecule has 256 valence electrons. The van der Waals surface area contributed by atoms with Crippen LogP contribution in [-0.4, -0.2) is 0 Å². The Bertz CT molecular complexity index is 2140. The van der Waals surface area contributed by atoms with Gasteiger partial charge in [-0.05, 0) is 154 Å². The average molecular weight is 666 g/mol. The van der Waals surface area contributed by atoms with Gasteiger partial charge in [-0.25, -0.2) is 0 Å². The molecule has 3 saturated carbocycles. The molecule has 5 aromatic carbocycles. The number of benzene rings is 5. The Morgan fingerprint density at radius 2 is 1.33 bits per heavy atom. The number of fused-ring (bicyclic) bond motifs is 6. The Labute approximate surface area is 305 Å². The summed E-state index contributed by atoms with van der Waals surface area (Å²) in [5.41, 5.74) is 12.5. The zero-order valence-corrected chi connectivity index (χ0v) is 30.4. The molecule has 3 fully saturated rings. The lowest BCUT2D eigenvalue weighted by Crippen LogP contribution is -2.24. The Morgan fingerprint density at radius 1 is 0.608 bits per heavy atom. The van der Waals surface area contributed by atoms with Crippen LogP contribution in [0.15, 0.2) is 127 Å². The first kappa shape index (κ1) is 31.4. The summed E-state index contributed by atoms with van der Waals surface area (Å²) in [5, 5.41) is 2.59. The molecule has 1 nitrogen and oxygen atoms in total. The first-order chi connectivity index (χ1) is 25.0. The quantitative estimate of drug-likeness (QED) is 0.174. The summed E-state index contributed by atoms with van der Waals surface area (Å²) in [5.74, 6) is 4.10. The van der Waals surface area contributed by atoms with Crippen LogP contribution in [0.2, 0.25) is 0 Å². The zero-order chi connectivity index (χ0) is 34.1. The van der Waals surface area contributed by atoms with Crippen molar-refractivity contribution < 1.29 is 0 Å². The van der Waals surface area contributed by atoms with Crippen LogP contribution in [0.25, 0.3) is 21.9 Å². The van der Waals surface area contributed by atoms with Gasteiger partial charge in [0.2, 0.25) is 0 Å². The second-order valence-electron chi connectivity index (χ2n) is 17.2. The van der Waals surface area contributed by atoms with E-state index in [9.17, 15) is 0 Å². The van der Waals surface area contributed by atoms with E-state index in [2.05, 4.69) is 146 Å². The molecule has 2 bridgehead atoms. The Balaban J connectivity index is 1.14. The van der Waals surface area contributed by atoms with Crippen molar-refractivity contribution in [2.45, 2.75) is 94.8 Å². The average Bonchev–Trinajstić information content (AvgIpc) is 3.88. The third-order valence-electron chi connectivity index (χ3n) is 14.0. The SMILES string of the molecule is CC1(C)c2cc(N(c3ccc(C4CCCCC4)cc3)c3ccc(C4CC5CCC4C5)cc3)cc(-c3ccc4ccccc4c3)c2C2C=CC=CC21. The molecule has 0 radical (unpaired) electrons. The highest BCUT2D eigenvalue weighted by molar-refractivity contribution is 5.90. The molecule has 10 rings (SSSR count). The van der Waals surface area contributed by atoms with Crippen LogP contribution < -0.4 is 4.90 Å². The molecule has 1 heteroatoms. The van der Waals surface area contributed by atoms with E-state index in [1.807, 2.05) is 0 Å². The maximum atomic E-state index is 2.56. The van der Waals surface area contributed by atoms with Crippen molar-refractivity contribution >= 4 is 27.8 Å². The fourth-order valence-electron chi connectivity index (χ4n) is 11.3. The molecule has 0 heterocycles. The van der Waals surface area contributed by atoms with E-state index in [1.165, 1.54) is 113 Å². The summed E-state index contributed by atoms with van der Waals surface area (Å²) < 4.78 is 0. The van der Waals surface area contributed by atoms with E-state index in [-0.39, 0.29) is 5.41 Å². The molecule has 5 aliphatic carbocycles. The highest BCUT2D eigenvalue weighted by Crippen LogP contribution is 2.58. The van der Waals surface area contributed by atoms with Gasteiger partial charge in [0.1, 0.15) is 0 Å². The van der Waals surface area contributed by atoms with Crippen LogP contribution in [0.4, 0.5) is 17.1 Å². The topological polar surface area (TPSA) is 3.24 Å². The minimum Gasteiger partial charge on any atom is -0.310 e. The summed E-state index contributed by atoms with van der Waals surface area (Å²) in [6.45, 7) is 4.95. The van der Waals surface area contributed by atoms with Gasteiger partial charge in [0.05, 0.1) is 0 Å². The fraction of sp³-hybridized carbons (Fsp3) is 0.360.